The third-order valence-corrected chi connectivity index (χ3v) is 3.91. The van der Waals surface area contributed by atoms with Crippen molar-refractivity contribution in [3.63, 3.8) is 0 Å². The maximum Gasteiger partial charge on any atom is 0.433 e. The first kappa shape index (κ1) is 19.3. The highest BCUT2D eigenvalue weighted by atomic mass is 32.2. The van der Waals surface area contributed by atoms with Crippen LogP contribution in [0.2, 0.25) is 0 Å². The van der Waals surface area contributed by atoms with Crippen LogP contribution >= 0.6 is 11.8 Å². The number of thioether (sulfide) groups is 1. The molecule has 0 spiro atoms. The number of halogens is 3. The van der Waals surface area contributed by atoms with Crippen LogP contribution in [0.3, 0.4) is 0 Å². The zero-order valence-corrected chi connectivity index (χ0v) is 14.2. The smallest absolute Gasteiger partial charge is 0.433 e. The molecule has 25 heavy (non-hydrogen) atoms. The summed E-state index contributed by atoms with van der Waals surface area (Å²) >= 11 is 0.931. The Bertz CT molecular complexity index is 668. The van der Waals surface area contributed by atoms with E-state index in [1.807, 2.05) is 6.92 Å². The van der Waals surface area contributed by atoms with Gasteiger partial charge < -0.3 is 14.6 Å². The van der Waals surface area contributed by atoms with Crippen molar-refractivity contribution in [1.29, 1.82) is 0 Å². The summed E-state index contributed by atoms with van der Waals surface area (Å²) in [6.45, 7) is 2.44. The molecule has 1 aromatic heterocycles. The van der Waals surface area contributed by atoms with E-state index in [2.05, 4.69) is 9.97 Å². The first-order chi connectivity index (χ1) is 11.9. The molecular weight excluding hydrogens is 357 g/mol. The molecule has 1 atom stereocenters. The van der Waals surface area contributed by atoms with Crippen LogP contribution in [0.5, 0.6) is 11.5 Å². The van der Waals surface area contributed by atoms with Crippen molar-refractivity contribution < 1.29 is 27.8 Å². The summed E-state index contributed by atoms with van der Waals surface area (Å²) in [4.78, 5) is 7.18. The standard InChI is InChI=1S/C16H17F3N2O3S/c1-2-23-12-3-5-13(6-4-12)24-9-11(22)10-25-15-20-8-7-14(21-15)16(17,18)19/h3-8,11,22H,2,9-10H2,1H3. The van der Waals surface area contributed by atoms with Gasteiger partial charge in [-0.05, 0) is 37.3 Å². The van der Waals surface area contributed by atoms with Gasteiger partial charge >= 0.3 is 6.18 Å². The summed E-state index contributed by atoms with van der Waals surface area (Å²) in [5.41, 5.74) is -1.01. The summed E-state index contributed by atoms with van der Waals surface area (Å²) in [5, 5.41) is 9.85. The van der Waals surface area contributed by atoms with E-state index in [0.717, 1.165) is 24.0 Å². The van der Waals surface area contributed by atoms with Crippen LogP contribution in [-0.2, 0) is 6.18 Å². The fourth-order valence-electron chi connectivity index (χ4n) is 1.78. The number of aliphatic hydroxyl groups excluding tert-OH is 1. The molecule has 0 saturated heterocycles. The Morgan fingerprint density at radius 3 is 2.36 bits per heavy atom. The van der Waals surface area contributed by atoms with E-state index in [4.69, 9.17) is 9.47 Å². The summed E-state index contributed by atoms with van der Waals surface area (Å²) < 4.78 is 48.5. The lowest BCUT2D eigenvalue weighted by atomic mass is 10.3. The van der Waals surface area contributed by atoms with Crippen molar-refractivity contribution in [3.05, 3.63) is 42.2 Å². The molecule has 0 aliphatic carbocycles. The Balaban J connectivity index is 1.80. The first-order valence-corrected chi connectivity index (χ1v) is 8.44. The lowest BCUT2D eigenvalue weighted by Gasteiger charge is -2.12. The van der Waals surface area contributed by atoms with E-state index < -0.39 is 18.0 Å². The number of benzene rings is 1. The molecule has 0 saturated carbocycles. The first-order valence-electron chi connectivity index (χ1n) is 7.45. The van der Waals surface area contributed by atoms with Gasteiger partial charge in [-0.3, -0.25) is 0 Å². The minimum Gasteiger partial charge on any atom is -0.494 e. The monoisotopic (exact) mass is 374 g/mol. The number of rotatable bonds is 8. The van der Waals surface area contributed by atoms with Crippen LogP contribution in [-0.4, -0.2) is 40.1 Å². The lowest BCUT2D eigenvalue weighted by molar-refractivity contribution is -0.141. The molecule has 2 rings (SSSR count). The Morgan fingerprint density at radius 2 is 1.76 bits per heavy atom. The largest absolute Gasteiger partial charge is 0.494 e. The zero-order valence-electron chi connectivity index (χ0n) is 13.4. The van der Waals surface area contributed by atoms with E-state index >= 15 is 0 Å². The van der Waals surface area contributed by atoms with Crippen molar-refractivity contribution in [2.75, 3.05) is 19.0 Å². The normalized spacial score (nSPS) is 12.7. The predicted molar refractivity (Wildman–Crippen MR) is 86.9 cm³/mol. The molecule has 2 aromatic rings. The fourth-order valence-corrected chi connectivity index (χ4v) is 2.51. The average Bonchev–Trinajstić information content (AvgIpc) is 2.59. The van der Waals surface area contributed by atoms with Crippen molar-refractivity contribution in [2.45, 2.75) is 24.4 Å². The molecule has 1 heterocycles. The number of hydrogen-bond acceptors (Lipinski definition) is 6. The van der Waals surface area contributed by atoms with Gasteiger partial charge in [0.05, 0.1) is 12.7 Å². The summed E-state index contributed by atoms with van der Waals surface area (Å²) in [5.74, 6) is 1.38. The van der Waals surface area contributed by atoms with Crippen LogP contribution < -0.4 is 9.47 Å². The van der Waals surface area contributed by atoms with E-state index in [1.54, 1.807) is 24.3 Å². The van der Waals surface area contributed by atoms with Crippen molar-refractivity contribution >= 4 is 11.8 Å². The molecule has 5 nitrogen and oxygen atoms in total. The van der Waals surface area contributed by atoms with E-state index in [9.17, 15) is 18.3 Å². The lowest BCUT2D eigenvalue weighted by Crippen LogP contribution is -2.20. The number of alkyl halides is 3. The van der Waals surface area contributed by atoms with E-state index in [-0.39, 0.29) is 17.5 Å². The van der Waals surface area contributed by atoms with E-state index in [0.29, 0.717) is 18.1 Å². The molecule has 0 radical (unpaired) electrons. The Kier molecular flexibility index (Phi) is 6.89. The Labute approximate surface area is 147 Å². The van der Waals surface area contributed by atoms with Gasteiger partial charge in [-0.25, -0.2) is 9.97 Å². The maximum absolute atomic E-state index is 12.6. The van der Waals surface area contributed by atoms with Crippen molar-refractivity contribution in [3.8, 4) is 11.5 Å². The molecule has 9 heteroatoms. The van der Waals surface area contributed by atoms with Gasteiger partial charge in [0.1, 0.15) is 23.8 Å². The van der Waals surface area contributed by atoms with Gasteiger partial charge in [-0.2, -0.15) is 13.2 Å². The number of ether oxygens (including phenoxy) is 2. The zero-order chi connectivity index (χ0) is 18.3. The number of hydrogen-bond donors (Lipinski definition) is 1. The molecule has 1 aromatic carbocycles. The molecule has 0 amide bonds. The number of aromatic nitrogens is 2. The minimum atomic E-state index is -4.52. The molecule has 0 bridgehead atoms. The highest BCUT2D eigenvalue weighted by molar-refractivity contribution is 7.99. The van der Waals surface area contributed by atoms with Gasteiger partial charge in [0.25, 0.3) is 0 Å². The quantitative estimate of drug-likeness (QED) is 0.564. The van der Waals surface area contributed by atoms with Crippen LogP contribution in [0.4, 0.5) is 13.2 Å². The third-order valence-electron chi connectivity index (χ3n) is 2.91. The van der Waals surface area contributed by atoms with Crippen LogP contribution in [0.1, 0.15) is 12.6 Å². The summed E-state index contributed by atoms with van der Waals surface area (Å²) in [7, 11) is 0. The van der Waals surface area contributed by atoms with Crippen LogP contribution in [0.25, 0.3) is 0 Å². The molecule has 1 unspecified atom stereocenters. The molecule has 0 fully saturated rings. The van der Waals surface area contributed by atoms with Crippen molar-refractivity contribution in [1.82, 2.24) is 9.97 Å². The third kappa shape index (κ3) is 6.43. The predicted octanol–water partition coefficient (Wildman–Crippen LogP) is 3.43. The summed E-state index contributed by atoms with van der Waals surface area (Å²) in [6.07, 6.45) is -4.36. The second-order valence-electron chi connectivity index (χ2n) is 4.90. The molecule has 136 valence electrons. The molecule has 1 N–H and O–H groups in total. The highest BCUT2D eigenvalue weighted by Crippen LogP contribution is 2.28. The Morgan fingerprint density at radius 1 is 1.12 bits per heavy atom. The van der Waals surface area contributed by atoms with Crippen LogP contribution in [0.15, 0.2) is 41.7 Å². The van der Waals surface area contributed by atoms with Gasteiger partial charge in [-0.15, -0.1) is 0 Å². The molecule has 0 aliphatic heterocycles. The van der Waals surface area contributed by atoms with Gasteiger partial charge in [0, 0.05) is 11.9 Å². The van der Waals surface area contributed by atoms with Crippen LogP contribution in [0, 0.1) is 0 Å². The SMILES string of the molecule is CCOc1ccc(OCC(O)CSc2nccc(C(F)(F)F)n2)cc1. The second-order valence-corrected chi connectivity index (χ2v) is 5.89. The molecule has 0 aliphatic rings. The van der Waals surface area contributed by atoms with Crippen molar-refractivity contribution in [2.24, 2.45) is 0 Å². The van der Waals surface area contributed by atoms with Gasteiger partial charge in [-0.1, -0.05) is 11.8 Å². The highest BCUT2D eigenvalue weighted by Gasteiger charge is 2.32. The summed E-state index contributed by atoms with van der Waals surface area (Å²) in [6, 6.07) is 7.71. The molecular formula is C16H17F3N2O3S. The average molecular weight is 374 g/mol. The minimum absolute atomic E-state index is 0.0000564. The number of aliphatic hydroxyl groups is 1. The Hall–Kier alpha value is -2.00. The van der Waals surface area contributed by atoms with E-state index in [1.165, 1.54) is 0 Å². The van der Waals surface area contributed by atoms with Gasteiger partial charge in [0.15, 0.2) is 5.16 Å². The number of nitrogens with zero attached hydrogens (tertiary/aromatic N) is 2. The topological polar surface area (TPSA) is 64.5 Å². The maximum atomic E-state index is 12.6. The second kappa shape index (κ2) is 8.91. The fraction of sp³-hybridized carbons (Fsp3) is 0.375. The van der Waals surface area contributed by atoms with Gasteiger partial charge in [0.2, 0.25) is 0 Å².